The van der Waals surface area contributed by atoms with Gasteiger partial charge in [-0.3, -0.25) is 0 Å². The normalized spacial score (nSPS) is 11.6. The Labute approximate surface area is 115 Å². The monoisotopic (exact) mass is 293 g/mol. The Hall–Kier alpha value is -1.80. The zero-order valence-electron chi connectivity index (χ0n) is 11.6. The maximum absolute atomic E-state index is 12.0. The van der Waals surface area contributed by atoms with Crippen LogP contribution in [0, 0.1) is 0 Å². The summed E-state index contributed by atoms with van der Waals surface area (Å²) < 4.78 is 41.4. The molecule has 0 saturated carbocycles. The fourth-order valence-electron chi connectivity index (χ4n) is 1.30. The standard InChI is InChI=1S/C11H18F3N5O/c1-7(2)20-10-18-8(15-3)17-9(19-10)16-6-4-5-11(12,13)14/h7H,4-6H2,1-3H3,(H2,15,16,17,18,19). The van der Waals surface area contributed by atoms with E-state index < -0.39 is 12.6 Å². The van der Waals surface area contributed by atoms with Gasteiger partial charge in [0.1, 0.15) is 0 Å². The van der Waals surface area contributed by atoms with Crippen molar-refractivity contribution >= 4 is 11.9 Å². The summed E-state index contributed by atoms with van der Waals surface area (Å²) in [5, 5.41) is 5.46. The number of rotatable bonds is 7. The van der Waals surface area contributed by atoms with Gasteiger partial charge in [-0.25, -0.2) is 0 Å². The minimum absolute atomic E-state index is 0.0512. The molecule has 0 spiro atoms. The van der Waals surface area contributed by atoms with Gasteiger partial charge < -0.3 is 15.4 Å². The molecular formula is C11H18F3N5O. The van der Waals surface area contributed by atoms with Gasteiger partial charge in [-0.2, -0.15) is 28.1 Å². The van der Waals surface area contributed by atoms with E-state index in [1.54, 1.807) is 7.05 Å². The van der Waals surface area contributed by atoms with E-state index in [2.05, 4.69) is 25.6 Å². The van der Waals surface area contributed by atoms with Crippen LogP contribution in [0.15, 0.2) is 0 Å². The van der Waals surface area contributed by atoms with Crippen LogP contribution in [0.25, 0.3) is 0 Å². The van der Waals surface area contributed by atoms with Gasteiger partial charge in [-0.1, -0.05) is 0 Å². The van der Waals surface area contributed by atoms with Crippen molar-refractivity contribution in [2.45, 2.75) is 39.0 Å². The van der Waals surface area contributed by atoms with Crippen molar-refractivity contribution in [1.29, 1.82) is 0 Å². The molecule has 1 aromatic heterocycles. The van der Waals surface area contributed by atoms with Gasteiger partial charge in [0.2, 0.25) is 11.9 Å². The molecule has 0 bridgehead atoms. The van der Waals surface area contributed by atoms with E-state index in [0.29, 0.717) is 0 Å². The molecule has 1 aromatic rings. The number of halogens is 3. The van der Waals surface area contributed by atoms with E-state index >= 15 is 0 Å². The zero-order chi connectivity index (χ0) is 15.2. The fourth-order valence-corrected chi connectivity index (χ4v) is 1.30. The lowest BCUT2D eigenvalue weighted by Gasteiger charge is -2.11. The van der Waals surface area contributed by atoms with Crippen LogP contribution < -0.4 is 15.4 Å². The van der Waals surface area contributed by atoms with Crippen molar-refractivity contribution in [3.05, 3.63) is 0 Å². The number of hydrogen-bond donors (Lipinski definition) is 2. The smallest absolute Gasteiger partial charge is 0.389 e. The lowest BCUT2D eigenvalue weighted by molar-refractivity contribution is -0.134. The Bertz CT molecular complexity index is 425. The average Bonchev–Trinajstić information content (AvgIpc) is 2.32. The van der Waals surface area contributed by atoms with Crippen molar-refractivity contribution in [3.63, 3.8) is 0 Å². The molecule has 20 heavy (non-hydrogen) atoms. The molecule has 114 valence electrons. The Morgan fingerprint density at radius 3 is 2.35 bits per heavy atom. The van der Waals surface area contributed by atoms with Crippen molar-refractivity contribution in [2.75, 3.05) is 24.2 Å². The molecule has 1 heterocycles. The van der Waals surface area contributed by atoms with Crippen molar-refractivity contribution in [2.24, 2.45) is 0 Å². The van der Waals surface area contributed by atoms with E-state index in [-0.39, 0.29) is 37.0 Å². The van der Waals surface area contributed by atoms with Gasteiger partial charge >= 0.3 is 12.2 Å². The summed E-state index contributed by atoms with van der Waals surface area (Å²) in [5.74, 6) is 0.469. The Kier molecular flexibility index (Phi) is 5.78. The third kappa shape index (κ3) is 6.39. The second kappa shape index (κ2) is 7.11. The number of nitrogens with zero attached hydrogens (tertiary/aromatic N) is 3. The molecule has 9 heteroatoms. The third-order valence-electron chi connectivity index (χ3n) is 2.10. The van der Waals surface area contributed by atoms with Gasteiger partial charge in [0.05, 0.1) is 6.10 Å². The van der Waals surface area contributed by atoms with Gasteiger partial charge in [0.25, 0.3) is 0 Å². The number of nitrogens with one attached hydrogen (secondary N) is 2. The first-order chi connectivity index (χ1) is 9.30. The molecule has 0 unspecified atom stereocenters. The molecule has 0 aliphatic carbocycles. The average molecular weight is 293 g/mol. The summed E-state index contributed by atoms with van der Waals surface area (Å²) in [6, 6.07) is 0.123. The molecule has 0 saturated heterocycles. The van der Waals surface area contributed by atoms with Gasteiger partial charge in [-0.15, -0.1) is 0 Å². The quantitative estimate of drug-likeness (QED) is 0.752. The van der Waals surface area contributed by atoms with Crippen molar-refractivity contribution in [3.8, 4) is 6.01 Å². The predicted molar refractivity (Wildman–Crippen MR) is 68.9 cm³/mol. The minimum atomic E-state index is -4.15. The predicted octanol–water partition coefficient (Wildman–Crippen LogP) is 2.45. The third-order valence-corrected chi connectivity index (χ3v) is 2.10. The number of aromatic nitrogens is 3. The molecule has 0 aliphatic rings. The van der Waals surface area contributed by atoms with E-state index in [4.69, 9.17) is 4.74 Å². The molecule has 0 radical (unpaired) electrons. The fraction of sp³-hybridized carbons (Fsp3) is 0.727. The number of ether oxygens (including phenoxy) is 1. The highest BCUT2D eigenvalue weighted by Crippen LogP contribution is 2.21. The second-order valence-corrected chi connectivity index (χ2v) is 4.33. The van der Waals surface area contributed by atoms with Crippen LogP contribution in [0.5, 0.6) is 6.01 Å². The Morgan fingerprint density at radius 2 is 1.80 bits per heavy atom. The van der Waals surface area contributed by atoms with Crippen LogP contribution in [0.4, 0.5) is 25.1 Å². The maximum Gasteiger partial charge on any atom is 0.389 e. The van der Waals surface area contributed by atoms with Crippen LogP contribution in [0.2, 0.25) is 0 Å². The van der Waals surface area contributed by atoms with E-state index in [1.807, 2.05) is 13.8 Å². The second-order valence-electron chi connectivity index (χ2n) is 4.33. The highest BCUT2D eigenvalue weighted by molar-refractivity contribution is 5.35. The molecule has 0 atom stereocenters. The molecule has 0 aromatic carbocycles. The summed E-state index contributed by atoms with van der Waals surface area (Å²) >= 11 is 0. The topological polar surface area (TPSA) is 72.0 Å². The zero-order valence-corrected chi connectivity index (χ0v) is 11.6. The van der Waals surface area contributed by atoms with E-state index in [9.17, 15) is 13.2 Å². The summed E-state index contributed by atoms with van der Waals surface area (Å²) in [5.41, 5.74) is 0. The van der Waals surface area contributed by atoms with Crippen LogP contribution in [-0.4, -0.2) is 40.8 Å². The molecule has 2 N–H and O–H groups in total. The lowest BCUT2D eigenvalue weighted by Crippen LogP contribution is -2.15. The molecular weight excluding hydrogens is 275 g/mol. The van der Waals surface area contributed by atoms with Crippen LogP contribution in [0.1, 0.15) is 26.7 Å². The Balaban J connectivity index is 2.60. The van der Waals surface area contributed by atoms with Crippen molar-refractivity contribution in [1.82, 2.24) is 15.0 Å². The first-order valence-electron chi connectivity index (χ1n) is 6.21. The molecule has 1 rings (SSSR count). The summed E-state index contributed by atoms with van der Waals surface area (Å²) in [4.78, 5) is 12.0. The first-order valence-corrected chi connectivity index (χ1v) is 6.21. The molecule has 6 nitrogen and oxygen atoms in total. The van der Waals surface area contributed by atoms with E-state index in [1.165, 1.54) is 0 Å². The minimum Gasteiger partial charge on any atom is -0.461 e. The van der Waals surface area contributed by atoms with Gasteiger partial charge in [-0.05, 0) is 20.3 Å². The largest absolute Gasteiger partial charge is 0.461 e. The van der Waals surface area contributed by atoms with Gasteiger partial charge in [0.15, 0.2) is 0 Å². The summed E-state index contributed by atoms with van der Waals surface area (Å²) in [7, 11) is 1.63. The molecule has 0 aliphatic heterocycles. The van der Waals surface area contributed by atoms with Crippen molar-refractivity contribution < 1.29 is 17.9 Å². The maximum atomic E-state index is 12.0. The van der Waals surface area contributed by atoms with Crippen LogP contribution >= 0.6 is 0 Å². The van der Waals surface area contributed by atoms with Gasteiger partial charge in [0, 0.05) is 20.0 Å². The SMILES string of the molecule is CNc1nc(NCCCC(F)(F)F)nc(OC(C)C)n1. The Morgan fingerprint density at radius 1 is 1.15 bits per heavy atom. The van der Waals surface area contributed by atoms with Crippen LogP contribution in [-0.2, 0) is 0 Å². The number of anilines is 2. The highest BCUT2D eigenvalue weighted by Gasteiger charge is 2.25. The summed E-state index contributed by atoms with van der Waals surface area (Å²) in [6.07, 6.45) is -5.16. The van der Waals surface area contributed by atoms with E-state index in [0.717, 1.165) is 0 Å². The van der Waals surface area contributed by atoms with Crippen LogP contribution in [0.3, 0.4) is 0 Å². The first kappa shape index (κ1) is 16.3. The molecule has 0 fully saturated rings. The molecule has 0 amide bonds. The number of hydrogen-bond acceptors (Lipinski definition) is 6. The highest BCUT2D eigenvalue weighted by atomic mass is 19.4. The number of alkyl halides is 3. The lowest BCUT2D eigenvalue weighted by atomic mass is 10.3. The summed E-state index contributed by atoms with van der Waals surface area (Å²) in [6.45, 7) is 3.76.